The summed E-state index contributed by atoms with van der Waals surface area (Å²) in [7, 11) is 2.25. The van der Waals surface area contributed by atoms with Crippen molar-refractivity contribution in [2.75, 3.05) is 20.3 Å². The van der Waals surface area contributed by atoms with Crippen molar-refractivity contribution in [2.24, 2.45) is 10.9 Å². The van der Waals surface area contributed by atoms with E-state index >= 15 is 0 Å². The number of hydrogen-bond acceptors (Lipinski definition) is 2. The summed E-state index contributed by atoms with van der Waals surface area (Å²) in [5.41, 5.74) is 3.34. The predicted molar refractivity (Wildman–Crippen MR) is 49.7 cm³/mol. The molecule has 1 aliphatic carbocycles. The van der Waals surface area contributed by atoms with Gasteiger partial charge in [0.1, 0.15) is 0 Å². The monoisotopic (exact) mass is 168 g/mol. The second-order valence-corrected chi connectivity index (χ2v) is 4.40. The highest BCUT2D eigenvalue weighted by atomic mass is 15.8. The van der Waals surface area contributed by atoms with E-state index in [0.29, 0.717) is 6.04 Å². The SMILES string of the molecule is C=NC1CC(CC[N+]2(C)CN2)C1. The van der Waals surface area contributed by atoms with E-state index in [9.17, 15) is 0 Å². The Morgan fingerprint density at radius 1 is 1.58 bits per heavy atom. The van der Waals surface area contributed by atoms with Crippen LogP contribution in [0.3, 0.4) is 0 Å². The Morgan fingerprint density at radius 3 is 2.75 bits per heavy atom. The molecule has 2 fully saturated rings. The molecule has 12 heavy (non-hydrogen) atoms. The molecule has 1 unspecified atom stereocenters. The molecule has 0 spiro atoms. The van der Waals surface area contributed by atoms with Crippen molar-refractivity contribution < 1.29 is 4.59 Å². The van der Waals surface area contributed by atoms with Gasteiger partial charge in [0.25, 0.3) is 0 Å². The third-order valence-corrected chi connectivity index (χ3v) is 3.20. The molecular weight excluding hydrogens is 150 g/mol. The summed E-state index contributed by atoms with van der Waals surface area (Å²) in [5.74, 6) is 0.929. The van der Waals surface area contributed by atoms with Crippen molar-refractivity contribution >= 4 is 6.72 Å². The summed E-state index contributed by atoms with van der Waals surface area (Å²) in [4.78, 5) is 4.03. The molecule has 1 atom stereocenters. The van der Waals surface area contributed by atoms with Gasteiger partial charge in [-0.15, -0.1) is 5.43 Å². The zero-order valence-corrected chi connectivity index (χ0v) is 7.79. The normalized spacial score (nSPS) is 45.1. The minimum atomic E-state index is 0.586. The second-order valence-electron chi connectivity index (χ2n) is 4.40. The van der Waals surface area contributed by atoms with Gasteiger partial charge in [-0.2, -0.15) is 0 Å². The van der Waals surface area contributed by atoms with Crippen molar-refractivity contribution in [3.8, 4) is 0 Å². The number of hydrogen-bond donors (Lipinski definition) is 1. The summed E-state index contributed by atoms with van der Waals surface area (Å²) < 4.78 is 1.09. The first-order valence-electron chi connectivity index (χ1n) is 4.77. The van der Waals surface area contributed by atoms with Crippen LogP contribution in [0.25, 0.3) is 0 Å². The molecule has 0 aromatic heterocycles. The largest absolute Gasteiger partial charge is 0.298 e. The Morgan fingerprint density at radius 2 is 2.25 bits per heavy atom. The maximum atomic E-state index is 4.03. The van der Waals surface area contributed by atoms with Crippen LogP contribution in [0.5, 0.6) is 0 Å². The molecule has 0 bridgehead atoms. The first kappa shape index (κ1) is 8.20. The van der Waals surface area contributed by atoms with Crippen LogP contribution in [0.2, 0.25) is 0 Å². The van der Waals surface area contributed by atoms with E-state index in [0.717, 1.165) is 17.2 Å². The first-order chi connectivity index (χ1) is 5.72. The lowest BCUT2D eigenvalue weighted by molar-refractivity contribution is -0.804. The van der Waals surface area contributed by atoms with Crippen LogP contribution >= 0.6 is 0 Å². The summed E-state index contributed by atoms with van der Waals surface area (Å²) in [6.07, 6.45) is 3.92. The van der Waals surface area contributed by atoms with E-state index in [-0.39, 0.29) is 0 Å². The minimum absolute atomic E-state index is 0.586. The lowest BCUT2D eigenvalue weighted by Gasteiger charge is -2.32. The summed E-state index contributed by atoms with van der Waals surface area (Å²) in [6, 6.07) is 0.586. The van der Waals surface area contributed by atoms with Gasteiger partial charge in [0.05, 0.1) is 13.6 Å². The van der Waals surface area contributed by atoms with Crippen LogP contribution in [0.1, 0.15) is 19.3 Å². The highest BCUT2D eigenvalue weighted by molar-refractivity contribution is 5.24. The van der Waals surface area contributed by atoms with E-state index in [1.165, 1.54) is 25.8 Å². The Bertz CT molecular complexity index is 180. The average molecular weight is 168 g/mol. The van der Waals surface area contributed by atoms with Crippen LogP contribution in [0.4, 0.5) is 0 Å². The third-order valence-electron chi connectivity index (χ3n) is 3.20. The molecule has 0 amide bonds. The van der Waals surface area contributed by atoms with E-state index in [1.54, 1.807) is 0 Å². The molecule has 68 valence electrons. The lowest BCUT2D eigenvalue weighted by atomic mass is 9.78. The standard InChI is InChI=1S/C9H18N3/c1-10-9-5-8(6-9)3-4-12(2)7-11-12/h8-9,11H,1,3-7H2,2H3/q+1. The molecule has 1 aliphatic heterocycles. The Labute approximate surface area is 74.0 Å². The second kappa shape index (κ2) is 2.82. The van der Waals surface area contributed by atoms with Gasteiger partial charge in [-0.05, 0) is 25.5 Å². The van der Waals surface area contributed by atoms with Crippen molar-refractivity contribution in [2.45, 2.75) is 25.3 Å². The molecule has 1 heterocycles. The van der Waals surface area contributed by atoms with Crippen molar-refractivity contribution in [3.05, 3.63) is 0 Å². The van der Waals surface area contributed by atoms with Gasteiger partial charge in [0.2, 0.25) is 0 Å². The lowest BCUT2D eigenvalue weighted by Crippen LogP contribution is -2.32. The summed E-state index contributed by atoms with van der Waals surface area (Å²) >= 11 is 0. The van der Waals surface area contributed by atoms with E-state index in [4.69, 9.17) is 0 Å². The zero-order valence-electron chi connectivity index (χ0n) is 7.79. The highest BCUT2D eigenvalue weighted by Gasteiger charge is 2.38. The van der Waals surface area contributed by atoms with Crippen LogP contribution < -0.4 is 5.43 Å². The molecular formula is C9H18N3+. The van der Waals surface area contributed by atoms with Crippen molar-refractivity contribution in [1.29, 1.82) is 0 Å². The molecule has 0 aromatic carbocycles. The molecule has 0 aromatic rings. The number of aliphatic imine (C=N–C) groups is 1. The molecule has 1 N–H and O–H groups in total. The highest BCUT2D eigenvalue weighted by Crippen LogP contribution is 2.33. The molecule has 2 aliphatic rings. The van der Waals surface area contributed by atoms with E-state index < -0.39 is 0 Å². The van der Waals surface area contributed by atoms with E-state index in [2.05, 4.69) is 24.2 Å². The molecule has 0 radical (unpaired) electrons. The summed E-state index contributed by atoms with van der Waals surface area (Å²) in [6.45, 7) is 6.02. The van der Waals surface area contributed by atoms with Crippen LogP contribution in [0, 0.1) is 5.92 Å². The Balaban J connectivity index is 1.60. The van der Waals surface area contributed by atoms with Crippen LogP contribution in [0.15, 0.2) is 4.99 Å². The predicted octanol–water partition coefficient (Wildman–Crippen LogP) is 0.778. The zero-order chi connectivity index (χ0) is 8.60. The molecule has 1 saturated heterocycles. The van der Waals surface area contributed by atoms with Gasteiger partial charge in [-0.3, -0.25) is 4.99 Å². The fraction of sp³-hybridized carbons (Fsp3) is 0.889. The van der Waals surface area contributed by atoms with Gasteiger partial charge >= 0.3 is 0 Å². The fourth-order valence-electron chi connectivity index (χ4n) is 1.83. The number of nitrogens with zero attached hydrogens (tertiary/aromatic N) is 2. The van der Waals surface area contributed by atoms with E-state index in [1.807, 2.05) is 0 Å². The number of nitrogens with one attached hydrogen (secondary N) is 1. The van der Waals surface area contributed by atoms with Gasteiger partial charge in [0, 0.05) is 12.5 Å². The third kappa shape index (κ3) is 1.67. The molecule has 3 nitrogen and oxygen atoms in total. The topological polar surface area (TPSA) is 34.3 Å². The maximum absolute atomic E-state index is 4.03. The first-order valence-corrected chi connectivity index (χ1v) is 4.77. The maximum Gasteiger partial charge on any atom is 0.192 e. The van der Waals surface area contributed by atoms with Crippen LogP contribution in [-0.2, 0) is 0 Å². The quantitative estimate of drug-likeness (QED) is 0.376. The molecule has 2 rings (SSSR count). The Hall–Kier alpha value is -0.410. The van der Waals surface area contributed by atoms with Gasteiger partial charge < -0.3 is 0 Å². The van der Waals surface area contributed by atoms with Gasteiger partial charge in [-0.25, -0.2) is 4.59 Å². The van der Waals surface area contributed by atoms with Crippen molar-refractivity contribution in [3.63, 3.8) is 0 Å². The average Bonchev–Trinajstić information content (AvgIpc) is 2.66. The number of quaternary nitrogens is 1. The van der Waals surface area contributed by atoms with Crippen LogP contribution in [-0.4, -0.2) is 37.6 Å². The smallest absolute Gasteiger partial charge is 0.192 e. The molecule has 3 heteroatoms. The molecule has 1 saturated carbocycles. The van der Waals surface area contributed by atoms with Gasteiger partial charge in [-0.1, -0.05) is 0 Å². The van der Waals surface area contributed by atoms with Gasteiger partial charge in [0.15, 0.2) is 6.67 Å². The summed E-state index contributed by atoms with van der Waals surface area (Å²) in [5, 5.41) is 0. The minimum Gasteiger partial charge on any atom is -0.298 e. The Kier molecular flexibility index (Phi) is 1.93. The van der Waals surface area contributed by atoms with Crippen molar-refractivity contribution in [1.82, 2.24) is 5.43 Å². The number of rotatable bonds is 4. The fourth-order valence-corrected chi connectivity index (χ4v) is 1.83.